The number of nitrogens with one attached hydrogen (secondary N) is 1. The van der Waals surface area contributed by atoms with E-state index in [-0.39, 0.29) is 17.2 Å². The van der Waals surface area contributed by atoms with Gasteiger partial charge in [0.2, 0.25) is 5.91 Å². The predicted octanol–water partition coefficient (Wildman–Crippen LogP) is 1.79. The summed E-state index contributed by atoms with van der Waals surface area (Å²) in [6.45, 7) is 4.54. The van der Waals surface area contributed by atoms with E-state index in [1.165, 1.54) is 0 Å². The van der Waals surface area contributed by atoms with Gasteiger partial charge in [-0.05, 0) is 31.1 Å². The van der Waals surface area contributed by atoms with Crippen molar-refractivity contribution in [1.82, 2.24) is 5.32 Å². The first-order chi connectivity index (χ1) is 7.87. The van der Waals surface area contributed by atoms with E-state index in [0.29, 0.717) is 19.4 Å². The normalized spacial score (nSPS) is 28.7. The van der Waals surface area contributed by atoms with Gasteiger partial charge in [0, 0.05) is 12.5 Å². The predicted molar refractivity (Wildman–Crippen MR) is 63.4 cm³/mol. The second-order valence-electron chi connectivity index (χ2n) is 6.24. The number of aliphatic carboxylic acids is 1. The minimum atomic E-state index is -0.775. The first kappa shape index (κ1) is 12.4. The van der Waals surface area contributed by atoms with Crippen LogP contribution >= 0.6 is 0 Å². The van der Waals surface area contributed by atoms with Gasteiger partial charge in [-0.1, -0.05) is 20.3 Å². The molecule has 2 fully saturated rings. The third kappa shape index (κ3) is 2.31. The summed E-state index contributed by atoms with van der Waals surface area (Å²) in [7, 11) is 0. The van der Waals surface area contributed by atoms with Crippen LogP contribution in [0.4, 0.5) is 0 Å². The molecule has 0 heterocycles. The van der Waals surface area contributed by atoms with Gasteiger partial charge in [0.05, 0.1) is 5.41 Å². The highest BCUT2D eigenvalue weighted by molar-refractivity contribution is 5.82. The smallest absolute Gasteiger partial charge is 0.311 e. The topological polar surface area (TPSA) is 66.4 Å². The zero-order chi connectivity index (χ0) is 12.7. The van der Waals surface area contributed by atoms with Gasteiger partial charge >= 0.3 is 5.97 Å². The maximum atomic E-state index is 12.1. The van der Waals surface area contributed by atoms with Gasteiger partial charge < -0.3 is 10.4 Å². The Morgan fingerprint density at radius 2 is 1.94 bits per heavy atom. The van der Waals surface area contributed by atoms with Crippen molar-refractivity contribution in [3.05, 3.63) is 0 Å². The SMILES string of the molecule is CC1(C)CCCC1C(=O)NCC1(C(=O)O)CC1. The number of carboxylic acid groups (broad SMARTS) is 1. The number of rotatable bonds is 4. The molecule has 1 atom stereocenters. The van der Waals surface area contributed by atoms with Crippen LogP contribution in [0.1, 0.15) is 46.0 Å². The molecular weight excluding hydrogens is 218 g/mol. The molecule has 1 amide bonds. The maximum absolute atomic E-state index is 12.1. The molecule has 0 aliphatic heterocycles. The molecule has 0 radical (unpaired) electrons. The second kappa shape index (κ2) is 4.00. The number of hydrogen-bond donors (Lipinski definition) is 2. The molecule has 2 rings (SSSR count). The number of carbonyl (C=O) groups is 2. The van der Waals surface area contributed by atoms with Gasteiger partial charge in [0.25, 0.3) is 0 Å². The van der Waals surface area contributed by atoms with Crippen LogP contribution in [0.3, 0.4) is 0 Å². The average molecular weight is 239 g/mol. The van der Waals surface area contributed by atoms with Gasteiger partial charge in [-0.15, -0.1) is 0 Å². The third-order valence-corrected chi connectivity index (χ3v) is 4.48. The van der Waals surface area contributed by atoms with Crippen LogP contribution in [0.2, 0.25) is 0 Å². The largest absolute Gasteiger partial charge is 0.481 e. The van der Waals surface area contributed by atoms with Crippen molar-refractivity contribution in [2.75, 3.05) is 6.54 Å². The summed E-state index contributed by atoms with van der Waals surface area (Å²) in [5.74, 6) is -0.685. The van der Waals surface area contributed by atoms with E-state index >= 15 is 0 Å². The van der Waals surface area contributed by atoms with Crippen LogP contribution in [0.25, 0.3) is 0 Å². The maximum Gasteiger partial charge on any atom is 0.311 e. The van der Waals surface area contributed by atoms with Crippen LogP contribution in [0.15, 0.2) is 0 Å². The molecule has 0 bridgehead atoms. The molecule has 0 saturated heterocycles. The van der Waals surface area contributed by atoms with Crippen LogP contribution in [-0.4, -0.2) is 23.5 Å². The summed E-state index contributed by atoms with van der Waals surface area (Å²) in [6, 6.07) is 0. The number of carboxylic acids is 1. The van der Waals surface area contributed by atoms with Crippen LogP contribution in [0.5, 0.6) is 0 Å². The van der Waals surface area contributed by atoms with E-state index in [1.807, 2.05) is 0 Å². The fourth-order valence-electron chi connectivity index (χ4n) is 2.81. The summed E-state index contributed by atoms with van der Waals surface area (Å²) in [5.41, 5.74) is -0.595. The van der Waals surface area contributed by atoms with Crippen molar-refractivity contribution in [3.8, 4) is 0 Å². The van der Waals surface area contributed by atoms with E-state index in [9.17, 15) is 9.59 Å². The lowest BCUT2D eigenvalue weighted by molar-refractivity contribution is -0.143. The molecule has 2 saturated carbocycles. The van der Waals surface area contributed by atoms with Gasteiger partial charge in [-0.2, -0.15) is 0 Å². The molecular formula is C13H21NO3. The molecule has 0 aromatic carbocycles. The molecule has 4 heteroatoms. The Kier molecular flexibility index (Phi) is 2.92. The van der Waals surface area contributed by atoms with Crippen LogP contribution in [-0.2, 0) is 9.59 Å². The molecule has 0 aromatic rings. The third-order valence-electron chi connectivity index (χ3n) is 4.48. The summed E-state index contributed by atoms with van der Waals surface area (Å²) in [5, 5.41) is 11.9. The summed E-state index contributed by atoms with van der Waals surface area (Å²) in [6.07, 6.45) is 4.48. The second-order valence-corrected chi connectivity index (χ2v) is 6.24. The van der Waals surface area contributed by atoms with E-state index in [1.54, 1.807) is 0 Å². The molecule has 2 aliphatic rings. The van der Waals surface area contributed by atoms with Crippen molar-refractivity contribution in [2.45, 2.75) is 46.0 Å². The van der Waals surface area contributed by atoms with E-state index in [2.05, 4.69) is 19.2 Å². The van der Waals surface area contributed by atoms with Crippen molar-refractivity contribution >= 4 is 11.9 Å². The molecule has 1 unspecified atom stereocenters. The fraction of sp³-hybridized carbons (Fsp3) is 0.846. The molecule has 96 valence electrons. The minimum Gasteiger partial charge on any atom is -0.481 e. The van der Waals surface area contributed by atoms with Crippen LogP contribution in [0, 0.1) is 16.7 Å². The van der Waals surface area contributed by atoms with Crippen molar-refractivity contribution in [2.24, 2.45) is 16.7 Å². The Labute approximate surface area is 102 Å². The number of amides is 1. The quantitative estimate of drug-likeness (QED) is 0.786. The molecule has 17 heavy (non-hydrogen) atoms. The lowest BCUT2D eigenvalue weighted by Crippen LogP contribution is -2.40. The lowest BCUT2D eigenvalue weighted by Gasteiger charge is -2.26. The molecule has 0 spiro atoms. The Bertz CT molecular complexity index is 345. The van der Waals surface area contributed by atoms with Crippen LogP contribution < -0.4 is 5.32 Å². The standard InChI is InChI=1S/C13H21NO3/c1-12(2)5-3-4-9(12)10(15)14-8-13(6-7-13)11(16)17/h9H,3-8H2,1-2H3,(H,14,15)(H,16,17). The lowest BCUT2D eigenvalue weighted by atomic mass is 9.81. The number of carbonyl (C=O) groups excluding carboxylic acids is 1. The van der Waals surface area contributed by atoms with E-state index < -0.39 is 11.4 Å². The highest BCUT2D eigenvalue weighted by Gasteiger charge is 2.51. The van der Waals surface area contributed by atoms with Crippen molar-refractivity contribution < 1.29 is 14.7 Å². The highest BCUT2D eigenvalue weighted by atomic mass is 16.4. The molecule has 2 aliphatic carbocycles. The first-order valence-corrected chi connectivity index (χ1v) is 6.39. The Morgan fingerprint density at radius 1 is 1.29 bits per heavy atom. The minimum absolute atomic E-state index is 0.0417. The van der Waals surface area contributed by atoms with Crippen molar-refractivity contribution in [3.63, 3.8) is 0 Å². The van der Waals surface area contributed by atoms with E-state index in [0.717, 1.165) is 19.3 Å². The summed E-state index contributed by atoms with van der Waals surface area (Å²) in [4.78, 5) is 23.0. The van der Waals surface area contributed by atoms with E-state index in [4.69, 9.17) is 5.11 Å². The summed E-state index contributed by atoms with van der Waals surface area (Å²) < 4.78 is 0. The monoisotopic (exact) mass is 239 g/mol. The fourth-order valence-corrected chi connectivity index (χ4v) is 2.81. The van der Waals surface area contributed by atoms with Gasteiger partial charge in [0.1, 0.15) is 0 Å². The molecule has 4 nitrogen and oxygen atoms in total. The Morgan fingerprint density at radius 3 is 2.35 bits per heavy atom. The van der Waals surface area contributed by atoms with Gasteiger partial charge in [-0.25, -0.2) is 0 Å². The average Bonchev–Trinajstić information content (AvgIpc) is 2.95. The highest BCUT2D eigenvalue weighted by Crippen LogP contribution is 2.46. The molecule has 2 N–H and O–H groups in total. The zero-order valence-electron chi connectivity index (χ0n) is 10.6. The first-order valence-electron chi connectivity index (χ1n) is 6.39. The van der Waals surface area contributed by atoms with Crippen molar-refractivity contribution in [1.29, 1.82) is 0 Å². The van der Waals surface area contributed by atoms with Gasteiger partial charge in [0.15, 0.2) is 0 Å². The number of hydrogen-bond acceptors (Lipinski definition) is 2. The Hall–Kier alpha value is -1.06. The zero-order valence-corrected chi connectivity index (χ0v) is 10.6. The Balaban J connectivity index is 1.88. The van der Waals surface area contributed by atoms with Gasteiger partial charge in [-0.3, -0.25) is 9.59 Å². The summed E-state index contributed by atoms with van der Waals surface area (Å²) >= 11 is 0. The molecule has 0 aromatic heterocycles.